The first kappa shape index (κ1) is 17.2. The Morgan fingerprint density at radius 2 is 1.95 bits per heavy atom. The van der Waals surface area contributed by atoms with Gasteiger partial charge in [-0.3, -0.25) is 4.72 Å². The average Bonchev–Trinajstić information content (AvgIpc) is 2.43. The third-order valence-corrected chi connectivity index (χ3v) is 4.31. The van der Waals surface area contributed by atoms with Crippen molar-refractivity contribution in [3.8, 4) is 0 Å². The number of carbonyl (C=O) groups is 1. The molecule has 0 amide bonds. The number of carboxylic acids is 1. The van der Waals surface area contributed by atoms with Crippen LogP contribution in [0.1, 0.15) is 25.3 Å². The Labute approximate surface area is 125 Å². The van der Waals surface area contributed by atoms with Crippen LogP contribution in [0.4, 0.5) is 5.69 Å². The standard InChI is InChI=1S/C14H20N2O4S/c1-3-4-11-16(2)21(19,20)15-13-8-5-12(6-9-13)7-10-14(17)18/h5-10,15H,3-4,11H2,1-2H3,(H,17,18)/b10-7+. The van der Waals surface area contributed by atoms with Gasteiger partial charge in [-0.1, -0.05) is 25.5 Å². The molecule has 0 radical (unpaired) electrons. The van der Waals surface area contributed by atoms with Crippen LogP contribution in [0.2, 0.25) is 0 Å². The van der Waals surface area contributed by atoms with Crippen LogP contribution >= 0.6 is 0 Å². The molecule has 0 aliphatic heterocycles. The van der Waals surface area contributed by atoms with E-state index in [4.69, 9.17) is 5.11 Å². The van der Waals surface area contributed by atoms with Crippen LogP contribution in [-0.2, 0) is 15.0 Å². The summed E-state index contributed by atoms with van der Waals surface area (Å²) in [6, 6.07) is 6.46. The van der Waals surface area contributed by atoms with E-state index in [9.17, 15) is 13.2 Å². The maximum Gasteiger partial charge on any atom is 0.328 e. The fraction of sp³-hybridized carbons (Fsp3) is 0.357. The smallest absolute Gasteiger partial charge is 0.328 e. The molecule has 1 rings (SSSR count). The van der Waals surface area contributed by atoms with Crippen LogP contribution < -0.4 is 4.72 Å². The Morgan fingerprint density at radius 1 is 1.33 bits per heavy atom. The van der Waals surface area contributed by atoms with E-state index in [1.807, 2.05) is 6.92 Å². The Kier molecular flexibility index (Phi) is 6.39. The molecule has 2 N–H and O–H groups in total. The number of anilines is 1. The lowest BCUT2D eigenvalue weighted by molar-refractivity contribution is -0.131. The molecule has 116 valence electrons. The highest BCUT2D eigenvalue weighted by Crippen LogP contribution is 2.14. The van der Waals surface area contributed by atoms with Gasteiger partial charge in [0.25, 0.3) is 0 Å². The molecule has 0 aromatic heterocycles. The summed E-state index contributed by atoms with van der Waals surface area (Å²) in [7, 11) is -2.02. The number of nitrogens with one attached hydrogen (secondary N) is 1. The Balaban J connectivity index is 2.72. The molecule has 21 heavy (non-hydrogen) atoms. The van der Waals surface area contributed by atoms with Crippen molar-refractivity contribution >= 4 is 27.9 Å². The predicted molar refractivity (Wildman–Crippen MR) is 83.2 cm³/mol. The minimum absolute atomic E-state index is 0.436. The summed E-state index contributed by atoms with van der Waals surface area (Å²) < 4.78 is 27.8. The van der Waals surface area contributed by atoms with Gasteiger partial charge >= 0.3 is 16.2 Å². The van der Waals surface area contributed by atoms with E-state index in [1.54, 1.807) is 24.3 Å². The van der Waals surface area contributed by atoms with Crippen molar-refractivity contribution in [1.29, 1.82) is 0 Å². The summed E-state index contributed by atoms with van der Waals surface area (Å²) in [4.78, 5) is 10.4. The van der Waals surface area contributed by atoms with E-state index in [0.717, 1.165) is 18.9 Å². The summed E-state index contributed by atoms with van der Waals surface area (Å²) in [5.41, 5.74) is 1.12. The first-order chi connectivity index (χ1) is 9.85. The van der Waals surface area contributed by atoms with E-state index in [-0.39, 0.29) is 0 Å². The van der Waals surface area contributed by atoms with Crippen molar-refractivity contribution in [3.63, 3.8) is 0 Å². The lowest BCUT2D eigenvalue weighted by Gasteiger charge is -2.18. The van der Waals surface area contributed by atoms with E-state index in [0.29, 0.717) is 17.8 Å². The highest BCUT2D eigenvalue weighted by molar-refractivity contribution is 7.90. The second kappa shape index (κ2) is 7.80. The Hall–Kier alpha value is -1.86. The van der Waals surface area contributed by atoms with Crippen LogP contribution in [0.25, 0.3) is 6.08 Å². The molecule has 0 heterocycles. The van der Waals surface area contributed by atoms with E-state index in [2.05, 4.69) is 4.72 Å². The number of aliphatic carboxylic acids is 1. The Bertz CT molecular complexity index is 594. The number of hydrogen-bond acceptors (Lipinski definition) is 3. The normalized spacial score (nSPS) is 12.0. The lowest BCUT2D eigenvalue weighted by atomic mass is 10.2. The zero-order chi connectivity index (χ0) is 15.9. The van der Waals surface area contributed by atoms with Crippen molar-refractivity contribution in [2.75, 3.05) is 18.3 Å². The maximum absolute atomic E-state index is 12.0. The molecular weight excluding hydrogens is 292 g/mol. The van der Waals surface area contributed by atoms with Crippen molar-refractivity contribution in [2.45, 2.75) is 19.8 Å². The molecule has 1 aromatic carbocycles. The molecule has 0 aliphatic rings. The summed E-state index contributed by atoms with van der Waals surface area (Å²) in [5.74, 6) is -1.03. The van der Waals surface area contributed by atoms with Gasteiger partial charge in [0.1, 0.15) is 0 Å². The number of unbranched alkanes of at least 4 members (excludes halogenated alkanes) is 1. The second-order valence-corrected chi connectivity index (χ2v) is 6.35. The van der Waals surface area contributed by atoms with Crippen LogP contribution in [-0.4, -0.2) is 37.4 Å². The molecule has 0 unspecified atom stereocenters. The van der Waals surface area contributed by atoms with Gasteiger partial charge in [-0.2, -0.15) is 12.7 Å². The summed E-state index contributed by atoms with van der Waals surface area (Å²) >= 11 is 0. The molecule has 0 aliphatic carbocycles. The molecular formula is C14H20N2O4S. The third kappa shape index (κ3) is 5.97. The number of rotatable bonds is 8. The SMILES string of the molecule is CCCCN(C)S(=O)(=O)Nc1ccc(/C=C/C(=O)O)cc1. The van der Waals surface area contributed by atoms with Gasteiger partial charge < -0.3 is 5.11 Å². The molecule has 0 fully saturated rings. The van der Waals surface area contributed by atoms with Crippen LogP contribution in [0.3, 0.4) is 0 Å². The zero-order valence-corrected chi connectivity index (χ0v) is 12.9. The van der Waals surface area contributed by atoms with Crippen molar-refractivity contribution < 1.29 is 18.3 Å². The highest BCUT2D eigenvalue weighted by Gasteiger charge is 2.16. The Morgan fingerprint density at radius 3 is 2.48 bits per heavy atom. The summed E-state index contributed by atoms with van der Waals surface area (Å²) in [5, 5.41) is 8.53. The average molecular weight is 312 g/mol. The molecule has 0 saturated carbocycles. The summed E-state index contributed by atoms with van der Waals surface area (Å²) in [6.07, 6.45) is 4.19. The lowest BCUT2D eigenvalue weighted by Crippen LogP contribution is -2.33. The van der Waals surface area contributed by atoms with Gasteiger partial charge in [0.2, 0.25) is 0 Å². The monoisotopic (exact) mass is 312 g/mol. The topological polar surface area (TPSA) is 86.7 Å². The minimum atomic E-state index is -3.55. The predicted octanol–water partition coefficient (Wildman–Crippen LogP) is 2.17. The van der Waals surface area contributed by atoms with Crippen LogP contribution in [0.5, 0.6) is 0 Å². The van der Waals surface area contributed by atoms with E-state index < -0.39 is 16.2 Å². The zero-order valence-electron chi connectivity index (χ0n) is 12.1. The molecule has 1 aromatic rings. The largest absolute Gasteiger partial charge is 0.478 e. The number of carboxylic acid groups (broad SMARTS) is 1. The fourth-order valence-electron chi connectivity index (χ4n) is 1.56. The van der Waals surface area contributed by atoms with Crippen molar-refractivity contribution in [3.05, 3.63) is 35.9 Å². The first-order valence-corrected chi connectivity index (χ1v) is 8.04. The number of nitrogens with zero attached hydrogens (tertiary/aromatic N) is 1. The third-order valence-electron chi connectivity index (χ3n) is 2.81. The van der Waals surface area contributed by atoms with Crippen LogP contribution in [0, 0.1) is 0 Å². The van der Waals surface area contributed by atoms with Gasteiger partial charge in [0.05, 0.1) is 0 Å². The van der Waals surface area contributed by atoms with Gasteiger partial charge in [0.15, 0.2) is 0 Å². The van der Waals surface area contributed by atoms with Gasteiger partial charge in [-0.25, -0.2) is 4.79 Å². The van der Waals surface area contributed by atoms with E-state index in [1.165, 1.54) is 17.4 Å². The maximum atomic E-state index is 12.0. The molecule has 0 bridgehead atoms. The van der Waals surface area contributed by atoms with Gasteiger partial charge in [-0.05, 0) is 30.2 Å². The van der Waals surface area contributed by atoms with Gasteiger partial charge in [-0.15, -0.1) is 0 Å². The van der Waals surface area contributed by atoms with Crippen molar-refractivity contribution in [2.24, 2.45) is 0 Å². The van der Waals surface area contributed by atoms with Crippen LogP contribution in [0.15, 0.2) is 30.3 Å². The molecule has 0 atom stereocenters. The van der Waals surface area contributed by atoms with Crippen molar-refractivity contribution in [1.82, 2.24) is 4.31 Å². The fourth-order valence-corrected chi connectivity index (χ4v) is 2.52. The first-order valence-electron chi connectivity index (χ1n) is 6.60. The summed E-state index contributed by atoms with van der Waals surface area (Å²) in [6.45, 7) is 2.46. The molecule has 7 heteroatoms. The molecule has 0 saturated heterocycles. The van der Waals surface area contributed by atoms with E-state index >= 15 is 0 Å². The number of hydrogen-bond donors (Lipinski definition) is 2. The highest BCUT2D eigenvalue weighted by atomic mass is 32.2. The molecule has 0 spiro atoms. The van der Waals surface area contributed by atoms with Gasteiger partial charge in [0, 0.05) is 25.4 Å². The quantitative estimate of drug-likeness (QED) is 0.720. The number of benzene rings is 1. The second-order valence-electron chi connectivity index (χ2n) is 4.58. The minimum Gasteiger partial charge on any atom is -0.478 e. The molecule has 6 nitrogen and oxygen atoms in total.